The Kier molecular flexibility index (Phi) is 8.17. The van der Waals surface area contributed by atoms with E-state index in [0.29, 0.717) is 16.7 Å². The molecule has 0 aliphatic carbocycles. The van der Waals surface area contributed by atoms with Crippen LogP contribution >= 0.6 is 23.4 Å². The van der Waals surface area contributed by atoms with Gasteiger partial charge < -0.3 is 19.9 Å². The average molecular weight is 536 g/mol. The number of anilines is 1. The van der Waals surface area contributed by atoms with E-state index in [1.165, 1.54) is 37.5 Å². The maximum Gasteiger partial charge on any atom is 0.339 e. The summed E-state index contributed by atoms with van der Waals surface area (Å²) < 4.78 is 9.83. The monoisotopic (exact) mass is 535 g/mol. The summed E-state index contributed by atoms with van der Waals surface area (Å²) in [5.41, 5.74) is -0.300. The van der Waals surface area contributed by atoms with Crippen LogP contribution in [-0.2, 0) is 14.3 Å². The number of imide groups is 1. The highest BCUT2D eigenvalue weighted by Crippen LogP contribution is 2.39. The lowest BCUT2D eigenvalue weighted by atomic mass is 10.1. The number of aromatic hydroxyl groups is 1. The van der Waals surface area contributed by atoms with Crippen LogP contribution in [0.4, 0.5) is 16.2 Å². The van der Waals surface area contributed by atoms with Crippen LogP contribution in [0.1, 0.15) is 22.8 Å². The Morgan fingerprint density at radius 1 is 1.28 bits per heavy atom. The summed E-state index contributed by atoms with van der Waals surface area (Å²) in [6.45, 7) is 1.13. The van der Waals surface area contributed by atoms with Gasteiger partial charge in [-0.2, -0.15) is 0 Å². The summed E-state index contributed by atoms with van der Waals surface area (Å²) in [7, 11) is 1.20. The van der Waals surface area contributed by atoms with Crippen LogP contribution in [-0.4, -0.2) is 58.2 Å². The van der Waals surface area contributed by atoms with Crippen LogP contribution < -0.4 is 10.1 Å². The van der Waals surface area contributed by atoms with Crippen molar-refractivity contribution < 1.29 is 38.7 Å². The van der Waals surface area contributed by atoms with Crippen LogP contribution in [0.5, 0.6) is 11.5 Å². The van der Waals surface area contributed by atoms with Crippen molar-refractivity contribution in [2.75, 3.05) is 25.6 Å². The molecule has 0 bridgehead atoms. The van der Waals surface area contributed by atoms with Crippen LogP contribution in [0.2, 0.25) is 5.02 Å². The van der Waals surface area contributed by atoms with Crippen molar-refractivity contribution in [2.24, 2.45) is 0 Å². The van der Waals surface area contributed by atoms with E-state index in [1.807, 2.05) is 0 Å². The number of methoxy groups -OCH3 is 1. The Balaban J connectivity index is 1.77. The lowest BCUT2D eigenvalue weighted by molar-refractivity contribution is -0.386. The van der Waals surface area contributed by atoms with Crippen LogP contribution in [0.25, 0.3) is 6.08 Å². The first-order valence-electron chi connectivity index (χ1n) is 10.1. The lowest BCUT2D eigenvalue weighted by Gasteiger charge is -2.13. The quantitative estimate of drug-likeness (QED) is 0.219. The molecule has 1 aliphatic rings. The molecule has 12 nitrogen and oxygen atoms in total. The topological polar surface area (TPSA) is 165 Å². The molecule has 0 saturated carbocycles. The van der Waals surface area contributed by atoms with Gasteiger partial charge in [-0.3, -0.25) is 29.4 Å². The summed E-state index contributed by atoms with van der Waals surface area (Å²) >= 11 is 6.53. The number of nitrogens with one attached hydrogen (secondary N) is 1. The SMILES string of the molecule is CCOC(=O)c1cc(NC(=O)CN2C(=O)S/C(=C/c3cc(OC)c(O)c([N+](=O)[O-])c3)C2=O)ccc1Cl. The number of halogens is 1. The summed E-state index contributed by atoms with van der Waals surface area (Å²) in [5, 5.41) is 22.9. The van der Waals surface area contributed by atoms with Gasteiger partial charge in [0.25, 0.3) is 11.1 Å². The minimum atomic E-state index is -0.824. The second kappa shape index (κ2) is 11.1. The molecular formula is C22H18ClN3O9S. The maximum atomic E-state index is 12.8. The number of nitro groups is 1. The number of rotatable bonds is 8. The number of phenolic OH excluding ortho intramolecular Hbond substituents is 1. The molecule has 0 atom stereocenters. The van der Waals surface area contributed by atoms with Gasteiger partial charge in [0.15, 0.2) is 5.75 Å². The predicted octanol–water partition coefficient (Wildman–Crippen LogP) is 3.81. The van der Waals surface area contributed by atoms with Gasteiger partial charge in [-0.25, -0.2) is 4.79 Å². The fraction of sp³-hybridized carbons (Fsp3) is 0.182. The normalized spacial score (nSPS) is 14.2. The molecular weight excluding hydrogens is 518 g/mol. The molecule has 1 saturated heterocycles. The van der Waals surface area contributed by atoms with E-state index in [0.717, 1.165) is 6.07 Å². The summed E-state index contributed by atoms with van der Waals surface area (Å²) in [6.07, 6.45) is 1.21. The molecule has 188 valence electrons. The van der Waals surface area contributed by atoms with Gasteiger partial charge >= 0.3 is 11.7 Å². The number of amides is 3. The average Bonchev–Trinajstić information content (AvgIpc) is 3.08. The van der Waals surface area contributed by atoms with Crippen molar-refractivity contribution in [1.29, 1.82) is 0 Å². The van der Waals surface area contributed by atoms with E-state index in [1.54, 1.807) is 6.92 Å². The number of carbonyl (C=O) groups is 4. The highest BCUT2D eigenvalue weighted by Gasteiger charge is 2.36. The number of benzene rings is 2. The highest BCUT2D eigenvalue weighted by molar-refractivity contribution is 8.18. The molecule has 2 aromatic rings. The molecule has 1 fully saturated rings. The van der Waals surface area contributed by atoms with Gasteiger partial charge in [0.05, 0.1) is 34.1 Å². The molecule has 1 aliphatic heterocycles. The van der Waals surface area contributed by atoms with Crippen molar-refractivity contribution in [3.8, 4) is 11.5 Å². The standard InChI is InChI=1S/C22H18ClN3O9S/c1-3-35-21(30)13-9-12(4-5-14(13)23)24-18(27)10-25-20(29)17(36-22(25)31)8-11-6-15(26(32)33)19(28)16(7-11)34-2/h4-9,28H,3,10H2,1-2H3,(H,24,27)/b17-8+. The summed E-state index contributed by atoms with van der Waals surface area (Å²) in [6, 6.07) is 6.39. The second-order valence-corrected chi connectivity index (χ2v) is 8.48. The summed E-state index contributed by atoms with van der Waals surface area (Å²) in [4.78, 5) is 60.6. The molecule has 3 rings (SSSR count). The van der Waals surface area contributed by atoms with Crippen molar-refractivity contribution in [3.63, 3.8) is 0 Å². The fourth-order valence-electron chi connectivity index (χ4n) is 3.09. The van der Waals surface area contributed by atoms with Gasteiger partial charge in [0.1, 0.15) is 6.54 Å². The molecule has 0 aromatic heterocycles. The van der Waals surface area contributed by atoms with Gasteiger partial charge in [0.2, 0.25) is 11.7 Å². The van der Waals surface area contributed by atoms with E-state index in [2.05, 4.69) is 5.32 Å². The second-order valence-electron chi connectivity index (χ2n) is 7.08. The van der Waals surface area contributed by atoms with Gasteiger partial charge in [-0.15, -0.1) is 0 Å². The Bertz CT molecular complexity index is 1310. The number of hydrogen-bond donors (Lipinski definition) is 2. The largest absolute Gasteiger partial charge is 0.500 e. The van der Waals surface area contributed by atoms with E-state index in [-0.39, 0.29) is 39.1 Å². The van der Waals surface area contributed by atoms with E-state index in [4.69, 9.17) is 21.1 Å². The zero-order valence-electron chi connectivity index (χ0n) is 18.8. The van der Waals surface area contributed by atoms with Crippen molar-refractivity contribution in [3.05, 3.63) is 61.5 Å². The Labute approximate surface area is 212 Å². The number of phenols is 1. The molecule has 0 radical (unpaired) electrons. The van der Waals surface area contributed by atoms with Gasteiger partial charge in [0, 0.05) is 11.8 Å². The first-order chi connectivity index (χ1) is 17.0. The number of thioether (sulfide) groups is 1. The zero-order chi connectivity index (χ0) is 26.6. The number of hydrogen-bond acceptors (Lipinski definition) is 10. The minimum Gasteiger partial charge on any atom is -0.500 e. The molecule has 3 amide bonds. The third-order valence-electron chi connectivity index (χ3n) is 4.71. The molecule has 2 N–H and O–H groups in total. The first-order valence-corrected chi connectivity index (χ1v) is 11.3. The number of carbonyl (C=O) groups excluding carboxylic acids is 4. The third kappa shape index (κ3) is 5.75. The molecule has 36 heavy (non-hydrogen) atoms. The number of nitro benzene ring substituents is 1. The fourth-order valence-corrected chi connectivity index (χ4v) is 4.13. The number of ether oxygens (including phenoxy) is 2. The molecule has 0 spiro atoms. The minimum absolute atomic E-state index is 0.0313. The molecule has 14 heteroatoms. The Morgan fingerprint density at radius 2 is 2.00 bits per heavy atom. The zero-order valence-corrected chi connectivity index (χ0v) is 20.3. The number of nitrogens with zero attached hydrogens (tertiary/aromatic N) is 2. The maximum absolute atomic E-state index is 12.8. The Morgan fingerprint density at radius 3 is 2.64 bits per heavy atom. The van der Waals surface area contributed by atoms with E-state index >= 15 is 0 Å². The smallest absolute Gasteiger partial charge is 0.339 e. The van der Waals surface area contributed by atoms with E-state index in [9.17, 15) is 34.4 Å². The van der Waals surface area contributed by atoms with Crippen LogP contribution in [0.15, 0.2) is 35.2 Å². The predicted molar refractivity (Wildman–Crippen MR) is 130 cm³/mol. The van der Waals surface area contributed by atoms with Crippen molar-refractivity contribution in [2.45, 2.75) is 6.92 Å². The van der Waals surface area contributed by atoms with Crippen molar-refractivity contribution in [1.82, 2.24) is 4.90 Å². The van der Waals surface area contributed by atoms with Gasteiger partial charge in [-0.05, 0) is 54.6 Å². The Hall–Kier alpha value is -4.10. The lowest BCUT2D eigenvalue weighted by Crippen LogP contribution is -2.36. The number of esters is 1. The van der Waals surface area contributed by atoms with Gasteiger partial charge in [-0.1, -0.05) is 11.6 Å². The molecule has 1 heterocycles. The molecule has 0 unspecified atom stereocenters. The third-order valence-corrected chi connectivity index (χ3v) is 5.95. The van der Waals surface area contributed by atoms with Crippen molar-refractivity contribution >= 4 is 63.8 Å². The van der Waals surface area contributed by atoms with Crippen LogP contribution in [0.3, 0.4) is 0 Å². The van der Waals surface area contributed by atoms with E-state index < -0.39 is 45.9 Å². The van der Waals surface area contributed by atoms with Crippen LogP contribution in [0, 0.1) is 10.1 Å². The highest BCUT2D eigenvalue weighted by atomic mass is 35.5. The molecule has 2 aromatic carbocycles. The summed E-state index contributed by atoms with van der Waals surface area (Å²) in [5.74, 6) is -3.08. The first kappa shape index (κ1) is 26.5.